The summed E-state index contributed by atoms with van der Waals surface area (Å²) in [5.41, 5.74) is 0.960. The van der Waals surface area contributed by atoms with Crippen molar-refractivity contribution in [3.63, 3.8) is 0 Å². The van der Waals surface area contributed by atoms with Crippen molar-refractivity contribution in [2.75, 3.05) is 26.2 Å². The number of aromatic nitrogens is 1. The van der Waals surface area contributed by atoms with Crippen molar-refractivity contribution in [1.82, 2.24) is 14.4 Å². The van der Waals surface area contributed by atoms with Crippen LogP contribution in [0.15, 0.2) is 85.1 Å². The fourth-order valence-corrected chi connectivity index (χ4v) is 4.44. The van der Waals surface area contributed by atoms with E-state index < -0.39 is 23.4 Å². The fraction of sp³-hybridized carbons (Fsp3) is 0.143. The number of hydrogen-bond acceptors (Lipinski definition) is 4. The van der Waals surface area contributed by atoms with Crippen molar-refractivity contribution in [1.29, 1.82) is 0 Å². The molecule has 0 radical (unpaired) electrons. The highest BCUT2D eigenvalue weighted by Gasteiger charge is 2.32. The summed E-state index contributed by atoms with van der Waals surface area (Å²) in [7, 11) is 0. The summed E-state index contributed by atoms with van der Waals surface area (Å²) < 4.78 is 16.0. The van der Waals surface area contributed by atoms with E-state index in [4.69, 9.17) is 0 Å². The number of Topliss-reactive ketones (excluding diaryl/α,β-unsaturated/α-hetero) is 1. The average Bonchev–Trinajstić information content (AvgIpc) is 3.33. The molecule has 5 rings (SSSR count). The van der Waals surface area contributed by atoms with Crippen LogP contribution >= 0.6 is 0 Å². The molecule has 1 saturated heterocycles. The molecule has 0 aliphatic carbocycles. The Morgan fingerprint density at radius 1 is 0.639 bits per heavy atom. The zero-order valence-electron chi connectivity index (χ0n) is 19.3. The third-order valence-electron chi connectivity index (χ3n) is 6.33. The SMILES string of the molecule is O=C(C(=O)N1CCN(C(=O)c2ccccc2)CC1)c1cn(C(=O)c2ccccc2)c2cccc(F)c12. The molecule has 0 atom stereocenters. The van der Waals surface area contributed by atoms with Crippen LogP contribution in [0.1, 0.15) is 31.1 Å². The molecule has 2 heterocycles. The Labute approximate surface area is 206 Å². The van der Waals surface area contributed by atoms with Crippen molar-refractivity contribution in [3.05, 3.63) is 108 Å². The lowest BCUT2D eigenvalue weighted by Crippen LogP contribution is -2.52. The van der Waals surface area contributed by atoms with Gasteiger partial charge >= 0.3 is 0 Å². The summed E-state index contributed by atoms with van der Waals surface area (Å²) in [5, 5.41) is -0.0713. The quantitative estimate of drug-likeness (QED) is 0.328. The van der Waals surface area contributed by atoms with E-state index in [0.29, 0.717) is 11.1 Å². The Balaban J connectivity index is 1.38. The van der Waals surface area contributed by atoms with E-state index in [2.05, 4.69) is 0 Å². The highest BCUT2D eigenvalue weighted by atomic mass is 19.1. The lowest BCUT2D eigenvalue weighted by atomic mass is 10.1. The number of hydrogen-bond donors (Lipinski definition) is 0. The standard InChI is InChI=1S/C28H22FN3O4/c29-22-12-7-13-23-24(22)21(18-32(23)27(35)20-10-5-2-6-11-20)25(33)28(36)31-16-14-30(15-17-31)26(34)19-8-3-1-4-9-19/h1-13,18H,14-17H2. The summed E-state index contributed by atoms with van der Waals surface area (Å²) in [6.07, 6.45) is 1.23. The molecule has 1 aliphatic heterocycles. The first-order valence-corrected chi connectivity index (χ1v) is 11.5. The minimum atomic E-state index is -0.896. The van der Waals surface area contributed by atoms with Crippen LogP contribution in [0.2, 0.25) is 0 Å². The van der Waals surface area contributed by atoms with Crippen LogP contribution < -0.4 is 0 Å². The minimum absolute atomic E-state index is 0.0713. The van der Waals surface area contributed by atoms with Gasteiger partial charge in [-0.2, -0.15) is 0 Å². The molecular weight excluding hydrogens is 461 g/mol. The zero-order chi connectivity index (χ0) is 25.2. The number of fused-ring (bicyclic) bond motifs is 1. The smallest absolute Gasteiger partial charge is 0.295 e. The van der Waals surface area contributed by atoms with Crippen LogP contribution in [0.5, 0.6) is 0 Å². The highest BCUT2D eigenvalue weighted by molar-refractivity contribution is 6.45. The van der Waals surface area contributed by atoms with Crippen molar-refractivity contribution in [2.24, 2.45) is 0 Å². The molecule has 3 aromatic carbocycles. The van der Waals surface area contributed by atoms with Gasteiger partial charge in [0, 0.05) is 48.9 Å². The fourth-order valence-electron chi connectivity index (χ4n) is 4.44. The van der Waals surface area contributed by atoms with Gasteiger partial charge in [0.2, 0.25) is 0 Å². The monoisotopic (exact) mass is 483 g/mol. The van der Waals surface area contributed by atoms with Gasteiger partial charge in [-0.05, 0) is 36.4 Å². The minimum Gasteiger partial charge on any atom is -0.335 e. The molecule has 0 bridgehead atoms. The van der Waals surface area contributed by atoms with Gasteiger partial charge in [-0.1, -0.05) is 42.5 Å². The molecule has 36 heavy (non-hydrogen) atoms. The van der Waals surface area contributed by atoms with Gasteiger partial charge < -0.3 is 9.80 Å². The summed E-state index contributed by atoms with van der Waals surface area (Å²) in [4.78, 5) is 55.1. The molecule has 8 heteroatoms. The molecule has 1 aromatic heterocycles. The largest absolute Gasteiger partial charge is 0.335 e. The Kier molecular flexibility index (Phi) is 6.16. The molecule has 0 saturated carbocycles. The van der Waals surface area contributed by atoms with E-state index in [-0.39, 0.29) is 48.6 Å². The summed E-state index contributed by atoms with van der Waals surface area (Å²) in [5.74, 6) is -2.96. The Morgan fingerprint density at radius 2 is 1.19 bits per heavy atom. The van der Waals surface area contributed by atoms with Gasteiger partial charge in [0.15, 0.2) is 0 Å². The number of halogens is 1. The van der Waals surface area contributed by atoms with E-state index in [1.165, 1.54) is 33.9 Å². The Hall–Kier alpha value is -4.59. The molecular formula is C28H22FN3O4. The first kappa shape index (κ1) is 23.2. The van der Waals surface area contributed by atoms with Crippen molar-refractivity contribution in [3.8, 4) is 0 Å². The molecule has 1 aliphatic rings. The van der Waals surface area contributed by atoms with Gasteiger partial charge in [0.05, 0.1) is 11.1 Å². The van der Waals surface area contributed by atoms with Crippen LogP contribution in [0, 0.1) is 5.82 Å². The predicted molar refractivity (Wildman–Crippen MR) is 131 cm³/mol. The summed E-state index contributed by atoms with van der Waals surface area (Å²) in [6.45, 7) is 0.894. The third kappa shape index (κ3) is 4.17. The first-order valence-electron chi connectivity index (χ1n) is 11.5. The normalized spacial score (nSPS) is 13.6. The number of rotatable bonds is 4. The molecule has 2 amide bonds. The third-order valence-corrected chi connectivity index (χ3v) is 6.33. The van der Waals surface area contributed by atoms with Gasteiger partial charge in [0.1, 0.15) is 5.82 Å². The second-order valence-corrected chi connectivity index (χ2v) is 8.50. The highest BCUT2D eigenvalue weighted by Crippen LogP contribution is 2.26. The van der Waals surface area contributed by atoms with E-state index >= 15 is 0 Å². The predicted octanol–water partition coefficient (Wildman–Crippen LogP) is 3.64. The first-order chi connectivity index (χ1) is 17.5. The van der Waals surface area contributed by atoms with Crippen LogP contribution in [-0.4, -0.2) is 64.1 Å². The van der Waals surface area contributed by atoms with Crippen molar-refractivity contribution >= 4 is 34.4 Å². The second kappa shape index (κ2) is 9.58. The van der Waals surface area contributed by atoms with E-state index in [1.807, 2.05) is 6.07 Å². The summed E-state index contributed by atoms with van der Waals surface area (Å²) >= 11 is 0. The second-order valence-electron chi connectivity index (χ2n) is 8.50. The molecule has 4 aromatic rings. The number of benzene rings is 3. The number of carbonyl (C=O) groups is 4. The van der Waals surface area contributed by atoms with Gasteiger partial charge in [0.25, 0.3) is 23.5 Å². The molecule has 7 nitrogen and oxygen atoms in total. The van der Waals surface area contributed by atoms with Crippen molar-refractivity contribution in [2.45, 2.75) is 0 Å². The van der Waals surface area contributed by atoms with E-state index in [0.717, 1.165) is 0 Å². The average molecular weight is 483 g/mol. The number of ketones is 1. The van der Waals surface area contributed by atoms with Crippen LogP contribution in [0.25, 0.3) is 10.9 Å². The molecule has 0 spiro atoms. The topological polar surface area (TPSA) is 79.7 Å². The maximum Gasteiger partial charge on any atom is 0.295 e. The van der Waals surface area contributed by atoms with Crippen molar-refractivity contribution < 1.29 is 23.6 Å². The van der Waals surface area contributed by atoms with E-state index in [1.54, 1.807) is 59.5 Å². The Bertz CT molecular complexity index is 1470. The summed E-state index contributed by atoms with van der Waals surface area (Å²) in [6, 6.07) is 21.4. The number of amides is 2. The zero-order valence-corrected chi connectivity index (χ0v) is 19.3. The lowest BCUT2D eigenvalue weighted by molar-refractivity contribution is -0.127. The molecule has 180 valence electrons. The van der Waals surface area contributed by atoms with Crippen LogP contribution in [0.4, 0.5) is 4.39 Å². The van der Waals surface area contributed by atoms with Gasteiger partial charge in [-0.25, -0.2) is 4.39 Å². The molecule has 1 fully saturated rings. The van der Waals surface area contributed by atoms with Crippen LogP contribution in [0.3, 0.4) is 0 Å². The van der Waals surface area contributed by atoms with Gasteiger partial charge in [-0.3, -0.25) is 23.7 Å². The number of carbonyl (C=O) groups excluding carboxylic acids is 4. The van der Waals surface area contributed by atoms with Crippen LogP contribution in [-0.2, 0) is 4.79 Å². The molecule has 0 N–H and O–H groups in total. The Morgan fingerprint density at radius 3 is 1.81 bits per heavy atom. The molecule has 0 unspecified atom stereocenters. The maximum atomic E-state index is 14.8. The van der Waals surface area contributed by atoms with E-state index in [9.17, 15) is 23.6 Å². The van der Waals surface area contributed by atoms with Gasteiger partial charge in [-0.15, -0.1) is 0 Å². The lowest BCUT2D eigenvalue weighted by Gasteiger charge is -2.34. The number of nitrogens with zero attached hydrogens (tertiary/aromatic N) is 3. The maximum absolute atomic E-state index is 14.8. The number of piperazine rings is 1.